The number of rotatable bonds is 4. The summed E-state index contributed by atoms with van der Waals surface area (Å²) in [6, 6.07) is 9.00. The van der Waals surface area contributed by atoms with E-state index in [1.807, 2.05) is 25.1 Å². The number of benzene rings is 1. The number of ether oxygens (including phenoxy) is 1. The normalized spacial score (nSPS) is 12.1. The average Bonchev–Trinajstić information content (AvgIpc) is 2.18. The first-order valence-corrected chi connectivity index (χ1v) is 4.68. The molecule has 0 fully saturated rings. The molecule has 0 radical (unpaired) electrons. The number of nitrogens with two attached hydrogens (primary N) is 1. The smallest absolute Gasteiger partial charge is 0.338 e. The lowest BCUT2D eigenvalue weighted by molar-refractivity contribution is 0.0495. The lowest BCUT2D eigenvalue weighted by Gasteiger charge is -2.06. The third-order valence-corrected chi connectivity index (χ3v) is 1.82. The second-order valence-corrected chi connectivity index (χ2v) is 3.27. The molecule has 0 bridgehead atoms. The Bertz CT molecular complexity index is 283. The first-order valence-electron chi connectivity index (χ1n) is 4.68. The molecule has 1 aromatic carbocycles. The van der Waals surface area contributed by atoms with Crippen LogP contribution < -0.4 is 5.73 Å². The summed E-state index contributed by atoms with van der Waals surface area (Å²) in [4.78, 5) is 11.4. The molecule has 1 aromatic rings. The first-order chi connectivity index (χ1) is 6.70. The van der Waals surface area contributed by atoms with Crippen LogP contribution in [0.25, 0.3) is 0 Å². The molecule has 0 heterocycles. The fraction of sp³-hybridized carbons (Fsp3) is 0.364. The molecule has 1 atom stereocenters. The molecule has 0 saturated heterocycles. The van der Waals surface area contributed by atoms with Crippen LogP contribution in [0.15, 0.2) is 30.3 Å². The third kappa shape index (κ3) is 3.58. The maximum Gasteiger partial charge on any atom is 0.338 e. The standard InChI is InChI=1S/C11H15NO2/c1-9(12)7-8-14-11(13)10-5-3-2-4-6-10/h2-6,9H,7-8,12H2,1H3. The summed E-state index contributed by atoms with van der Waals surface area (Å²) in [6.45, 7) is 2.27. The Morgan fingerprint density at radius 1 is 1.43 bits per heavy atom. The van der Waals surface area contributed by atoms with E-state index in [1.165, 1.54) is 0 Å². The Kier molecular flexibility index (Phi) is 4.13. The third-order valence-electron chi connectivity index (χ3n) is 1.82. The van der Waals surface area contributed by atoms with Crippen molar-refractivity contribution in [1.82, 2.24) is 0 Å². The van der Waals surface area contributed by atoms with Gasteiger partial charge in [0.05, 0.1) is 12.2 Å². The monoisotopic (exact) mass is 193 g/mol. The largest absolute Gasteiger partial charge is 0.462 e. The van der Waals surface area contributed by atoms with Crippen molar-refractivity contribution in [1.29, 1.82) is 0 Å². The van der Waals surface area contributed by atoms with E-state index in [9.17, 15) is 4.79 Å². The number of esters is 1. The highest BCUT2D eigenvalue weighted by Gasteiger charge is 2.05. The molecule has 3 heteroatoms. The van der Waals surface area contributed by atoms with Gasteiger partial charge < -0.3 is 10.5 Å². The van der Waals surface area contributed by atoms with Crippen LogP contribution in [-0.2, 0) is 4.74 Å². The summed E-state index contributed by atoms with van der Waals surface area (Å²) in [5, 5.41) is 0. The van der Waals surface area contributed by atoms with Crippen LogP contribution >= 0.6 is 0 Å². The van der Waals surface area contributed by atoms with Crippen LogP contribution in [0.2, 0.25) is 0 Å². The van der Waals surface area contributed by atoms with Gasteiger partial charge in [0.15, 0.2) is 0 Å². The molecular weight excluding hydrogens is 178 g/mol. The Morgan fingerprint density at radius 3 is 2.64 bits per heavy atom. The summed E-state index contributed by atoms with van der Waals surface area (Å²) >= 11 is 0. The van der Waals surface area contributed by atoms with Crippen molar-refractivity contribution < 1.29 is 9.53 Å². The highest BCUT2D eigenvalue weighted by molar-refractivity contribution is 5.89. The van der Waals surface area contributed by atoms with Crippen molar-refractivity contribution in [2.24, 2.45) is 5.73 Å². The molecule has 0 aliphatic carbocycles. The predicted octanol–water partition coefficient (Wildman–Crippen LogP) is 1.58. The van der Waals surface area contributed by atoms with Gasteiger partial charge in [0.1, 0.15) is 0 Å². The minimum absolute atomic E-state index is 0.0681. The topological polar surface area (TPSA) is 52.3 Å². The number of hydrogen-bond donors (Lipinski definition) is 1. The van der Waals surface area contributed by atoms with Gasteiger partial charge in [-0.2, -0.15) is 0 Å². The van der Waals surface area contributed by atoms with Gasteiger partial charge in [0, 0.05) is 6.04 Å². The number of carbonyl (C=O) groups is 1. The molecular formula is C11H15NO2. The zero-order valence-electron chi connectivity index (χ0n) is 8.27. The lowest BCUT2D eigenvalue weighted by Crippen LogP contribution is -2.18. The summed E-state index contributed by atoms with van der Waals surface area (Å²) in [7, 11) is 0. The minimum atomic E-state index is -0.286. The highest BCUT2D eigenvalue weighted by atomic mass is 16.5. The van der Waals surface area contributed by atoms with Crippen LogP contribution in [0.4, 0.5) is 0 Å². The number of carbonyl (C=O) groups excluding carboxylic acids is 1. The molecule has 76 valence electrons. The maximum atomic E-state index is 11.4. The molecule has 14 heavy (non-hydrogen) atoms. The quantitative estimate of drug-likeness (QED) is 0.738. The SMILES string of the molecule is CC(N)CCOC(=O)c1ccccc1. The maximum absolute atomic E-state index is 11.4. The zero-order valence-corrected chi connectivity index (χ0v) is 8.27. The second kappa shape index (κ2) is 5.40. The lowest BCUT2D eigenvalue weighted by atomic mass is 10.2. The van der Waals surface area contributed by atoms with E-state index in [0.29, 0.717) is 18.6 Å². The van der Waals surface area contributed by atoms with Gasteiger partial charge in [-0.1, -0.05) is 18.2 Å². The van der Waals surface area contributed by atoms with Gasteiger partial charge in [-0.3, -0.25) is 0 Å². The van der Waals surface area contributed by atoms with Crippen LogP contribution in [0.1, 0.15) is 23.7 Å². The summed E-state index contributed by atoms with van der Waals surface area (Å²) in [6.07, 6.45) is 0.693. The van der Waals surface area contributed by atoms with Crippen molar-refractivity contribution in [3.05, 3.63) is 35.9 Å². The predicted molar refractivity (Wildman–Crippen MR) is 55.0 cm³/mol. The molecule has 3 nitrogen and oxygen atoms in total. The molecule has 2 N–H and O–H groups in total. The van der Waals surface area contributed by atoms with E-state index >= 15 is 0 Å². The van der Waals surface area contributed by atoms with E-state index in [-0.39, 0.29) is 12.0 Å². The Labute approximate surface area is 83.9 Å². The highest BCUT2D eigenvalue weighted by Crippen LogP contribution is 2.01. The van der Waals surface area contributed by atoms with E-state index in [4.69, 9.17) is 10.5 Å². The van der Waals surface area contributed by atoms with Crippen molar-refractivity contribution in [3.63, 3.8) is 0 Å². The molecule has 1 rings (SSSR count). The van der Waals surface area contributed by atoms with E-state index in [2.05, 4.69) is 0 Å². The molecule has 0 amide bonds. The minimum Gasteiger partial charge on any atom is -0.462 e. The van der Waals surface area contributed by atoms with Crippen LogP contribution in [0.5, 0.6) is 0 Å². The van der Waals surface area contributed by atoms with Gasteiger partial charge in [-0.15, -0.1) is 0 Å². The van der Waals surface area contributed by atoms with Gasteiger partial charge in [0.2, 0.25) is 0 Å². The molecule has 0 spiro atoms. The van der Waals surface area contributed by atoms with Crippen molar-refractivity contribution in [2.45, 2.75) is 19.4 Å². The van der Waals surface area contributed by atoms with E-state index in [0.717, 1.165) is 0 Å². The Morgan fingerprint density at radius 2 is 2.07 bits per heavy atom. The molecule has 0 aromatic heterocycles. The average molecular weight is 193 g/mol. The number of hydrogen-bond acceptors (Lipinski definition) is 3. The van der Waals surface area contributed by atoms with E-state index in [1.54, 1.807) is 12.1 Å². The summed E-state index contributed by atoms with van der Waals surface area (Å²) < 4.78 is 5.02. The van der Waals surface area contributed by atoms with Gasteiger partial charge in [-0.25, -0.2) is 4.79 Å². The Hall–Kier alpha value is -1.35. The Balaban J connectivity index is 2.36. The van der Waals surface area contributed by atoms with Crippen molar-refractivity contribution >= 4 is 5.97 Å². The molecule has 0 aliphatic heterocycles. The molecule has 1 unspecified atom stereocenters. The molecule has 0 saturated carbocycles. The molecule has 0 aliphatic rings. The van der Waals surface area contributed by atoms with Crippen LogP contribution in [0, 0.1) is 0 Å². The van der Waals surface area contributed by atoms with Gasteiger partial charge in [-0.05, 0) is 25.5 Å². The van der Waals surface area contributed by atoms with E-state index < -0.39 is 0 Å². The van der Waals surface area contributed by atoms with Crippen molar-refractivity contribution in [3.8, 4) is 0 Å². The summed E-state index contributed by atoms with van der Waals surface area (Å²) in [5.74, 6) is -0.286. The second-order valence-electron chi connectivity index (χ2n) is 3.27. The summed E-state index contributed by atoms with van der Waals surface area (Å²) in [5.41, 5.74) is 6.11. The van der Waals surface area contributed by atoms with Crippen molar-refractivity contribution in [2.75, 3.05) is 6.61 Å². The van der Waals surface area contributed by atoms with Gasteiger partial charge in [0.25, 0.3) is 0 Å². The fourth-order valence-electron chi connectivity index (χ4n) is 0.995. The fourth-order valence-corrected chi connectivity index (χ4v) is 0.995. The van der Waals surface area contributed by atoms with Crippen LogP contribution in [0.3, 0.4) is 0 Å². The first kappa shape index (κ1) is 10.7. The van der Waals surface area contributed by atoms with Crippen LogP contribution in [-0.4, -0.2) is 18.6 Å². The van der Waals surface area contributed by atoms with Gasteiger partial charge >= 0.3 is 5.97 Å². The zero-order chi connectivity index (χ0) is 10.4.